The third-order valence-corrected chi connectivity index (χ3v) is 4.36. The Bertz CT molecular complexity index is 746. The second-order valence-electron chi connectivity index (χ2n) is 7.84. The average Bonchev–Trinajstić information content (AvgIpc) is 2.58. The second kappa shape index (κ2) is 10.7. The van der Waals surface area contributed by atoms with Crippen LogP contribution in [0.3, 0.4) is 0 Å². The van der Waals surface area contributed by atoms with Gasteiger partial charge in [0.2, 0.25) is 0 Å². The molecule has 0 spiro atoms. The lowest BCUT2D eigenvalue weighted by molar-refractivity contribution is 0.667. The Morgan fingerprint density at radius 1 is 1.07 bits per heavy atom. The van der Waals surface area contributed by atoms with E-state index in [1.165, 1.54) is 11.1 Å². The molecule has 0 heterocycles. The van der Waals surface area contributed by atoms with E-state index < -0.39 is 0 Å². The number of hydrogen-bond acceptors (Lipinski definition) is 4. The van der Waals surface area contributed by atoms with Gasteiger partial charge in [-0.1, -0.05) is 51.5 Å². The largest absolute Gasteiger partial charge is 0.402 e. The van der Waals surface area contributed by atoms with Gasteiger partial charge in [0.05, 0.1) is 0 Å². The average molecular weight is 369 g/mol. The molecular formula is C23H36N4. The number of aryl methyl sites for hydroxylation is 1. The van der Waals surface area contributed by atoms with Crippen LogP contribution in [0.25, 0.3) is 5.70 Å². The molecule has 4 nitrogen and oxygen atoms in total. The lowest BCUT2D eigenvalue weighted by Gasteiger charge is -2.17. The van der Waals surface area contributed by atoms with E-state index >= 15 is 0 Å². The SMILES string of the molecule is CN=CC(CC(C=NCC(C)C)=C(C)N)=C(N)c1ccc(C)cc1C(C)C. The first-order chi connectivity index (χ1) is 12.7. The molecule has 0 fully saturated rings. The predicted octanol–water partition coefficient (Wildman–Crippen LogP) is 4.84. The molecular weight excluding hydrogens is 332 g/mol. The van der Waals surface area contributed by atoms with Crippen LogP contribution in [0, 0.1) is 12.8 Å². The van der Waals surface area contributed by atoms with Crippen LogP contribution in [0.4, 0.5) is 0 Å². The highest BCUT2D eigenvalue weighted by atomic mass is 14.7. The Kier molecular flexibility index (Phi) is 8.99. The lowest BCUT2D eigenvalue weighted by atomic mass is 9.91. The molecule has 0 unspecified atom stereocenters. The maximum atomic E-state index is 6.62. The number of aliphatic imine (C=N–C) groups is 2. The van der Waals surface area contributed by atoms with Crippen LogP contribution in [-0.2, 0) is 0 Å². The van der Waals surface area contributed by atoms with Gasteiger partial charge >= 0.3 is 0 Å². The summed E-state index contributed by atoms with van der Waals surface area (Å²) in [6.45, 7) is 13.5. The van der Waals surface area contributed by atoms with E-state index in [9.17, 15) is 0 Å². The van der Waals surface area contributed by atoms with Gasteiger partial charge in [-0.3, -0.25) is 9.98 Å². The zero-order chi connectivity index (χ0) is 20.6. The number of nitrogens with zero attached hydrogens (tertiary/aromatic N) is 2. The molecule has 0 atom stereocenters. The molecule has 0 saturated heterocycles. The molecule has 0 radical (unpaired) electrons. The highest BCUT2D eigenvalue weighted by Gasteiger charge is 2.13. The van der Waals surface area contributed by atoms with Crippen molar-refractivity contribution in [3.63, 3.8) is 0 Å². The van der Waals surface area contributed by atoms with Crippen molar-refractivity contribution in [3.8, 4) is 0 Å². The number of hydrogen-bond donors (Lipinski definition) is 2. The van der Waals surface area contributed by atoms with Crippen molar-refractivity contribution in [2.45, 2.75) is 53.9 Å². The summed E-state index contributed by atoms with van der Waals surface area (Å²) in [4.78, 5) is 8.75. The fraction of sp³-hybridized carbons (Fsp3) is 0.478. The van der Waals surface area contributed by atoms with Gasteiger partial charge in [0.25, 0.3) is 0 Å². The molecule has 0 bridgehead atoms. The predicted molar refractivity (Wildman–Crippen MR) is 120 cm³/mol. The Morgan fingerprint density at radius 3 is 2.26 bits per heavy atom. The fourth-order valence-corrected chi connectivity index (χ4v) is 2.81. The van der Waals surface area contributed by atoms with E-state index in [1.54, 1.807) is 7.05 Å². The van der Waals surface area contributed by atoms with Crippen LogP contribution < -0.4 is 11.5 Å². The topological polar surface area (TPSA) is 76.8 Å². The van der Waals surface area contributed by atoms with Gasteiger partial charge in [-0.25, -0.2) is 0 Å². The highest BCUT2D eigenvalue weighted by molar-refractivity contribution is 5.93. The van der Waals surface area contributed by atoms with Crippen molar-refractivity contribution in [2.24, 2.45) is 27.4 Å². The minimum Gasteiger partial charge on any atom is -0.402 e. The van der Waals surface area contributed by atoms with Crippen molar-refractivity contribution >= 4 is 18.1 Å². The van der Waals surface area contributed by atoms with Gasteiger partial charge in [0, 0.05) is 49.4 Å². The molecule has 0 amide bonds. The third-order valence-electron chi connectivity index (χ3n) is 4.36. The summed E-state index contributed by atoms with van der Waals surface area (Å²) in [5, 5.41) is 0. The summed E-state index contributed by atoms with van der Waals surface area (Å²) in [5.74, 6) is 0.899. The molecule has 0 aliphatic carbocycles. The van der Waals surface area contributed by atoms with Crippen molar-refractivity contribution < 1.29 is 0 Å². The Labute approximate surface area is 165 Å². The normalized spacial score (nSPS) is 14.4. The first-order valence-electron chi connectivity index (χ1n) is 9.64. The van der Waals surface area contributed by atoms with E-state index in [2.05, 4.69) is 62.8 Å². The van der Waals surface area contributed by atoms with Crippen LogP contribution in [0.5, 0.6) is 0 Å². The maximum absolute atomic E-state index is 6.62. The Morgan fingerprint density at radius 2 is 1.74 bits per heavy atom. The summed E-state index contributed by atoms with van der Waals surface area (Å²) >= 11 is 0. The Hall–Kier alpha value is -2.36. The van der Waals surface area contributed by atoms with Gasteiger partial charge in [-0.2, -0.15) is 0 Å². The number of rotatable bonds is 8. The monoisotopic (exact) mass is 368 g/mol. The second-order valence-corrected chi connectivity index (χ2v) is 7.84. The molecule has 27 heavy (non-hydrogen) atoms. The van der Waals surface area contributed by atoms with Crippen molar-refractivity contribution in [1.29, 1.82) is 0 Å². The molecule has 4 N–H and O–H groups in total. The summed E-state index contributed by atoms with van der Waals surface area (Å²) in [6.07, 6.45) is 4.32. The molecule has 1 aromatic carbocycles. The van der Waals surface area contributed by atoms with Crippen LogP contribution >= 0.6 is 0 Å². The van der Waals surface area contributed by atoms with E-state index in [4.69, 9.17) is 11.5 Å². The van der Waals surface area contributed by atoms with Gasteiger partial charge in [0.1, 0.15) is 0 Å². The van der Waals surface area contributed by atoms with E-state index in [0.29, 0.717) is 18.3 Å². The highest BCUT2D eigenvalue weighted by Crippen LogP contribution is 2.27. The zero-order valence-corrected chi connectivity index (χ0v) is 18.0. The quantitative estimate of drug-likeness (QED) is 0.644. The minimum absolute atomic E-state index is 0.386. The van der Waals surface area contributed by atoms with Gasteiger partial charge in [-0.05, 0) is 42.4 Å². The molecule has 0 aliphatic heterocycles. The fourth-order valence-electron chi connectivity index (χ4n) is 2.81. The third kappa shape index (κ3) is 7.05. The molecule has 4 heteroatoms. The van der Waals surface area contributed by atoms with Crippen LogP contribution in [0.15, 0.2) is 45.0 Å². The minimum atomic E-state index is 0.386. The standard InChI is InChI=1S/C23H36N4/c1-15(2)12-27-14-19(18(6)24)11-20(13-26-7)23(25)21-9-8-17(5)10-22(21)16(3)4/h8-10,13-16H,11-12,24-25H2,1-7H3. The molecule has 0 aromatic heterocycles. The van der Waals surface area contributed by atoms with Gasteiger partial charge in [-0.15, -0.1) is 0 Å². The summed E-state index contributed by atoms with van der Waals surface area (Å²) in [5.41, 5.74) is 19.7. The van der Waals surface area contributed by atoms with Crippen LogP contribution in [0.1, 0.15) is 63.6 Å². The maximum Gasteiger partial charge on any atom is 0.0441 e. The van der Waals surface area contributed by atoms with Crippen LogP contribution in [0.2, 0.25) is 0 Å². The molecule has 1 aromatic rings. The van der Waals surface area contributed by atoms with E-state index in [1.807, 2.05) is 19.4 Å². The molecule has 0 aliphatic rings. The first kappa shape index (κ1) is 22.7. The number of benzene rings is 1. The van der Waals surface area contributed by atoms with Gasteiger partial charge in [0.15, 0.2) is 0 Å². The summed E-state index contributed by atoms with van der Waals surface area (Å²) in [6, 6.07) is 6.42. The smallest absolute Gasteiger partial charge is 0.0441 e. The molecule has 0 saturated carbocycles. The molecule has 148 valence electrons. The summed E-state index contributed by atoms with van der Waals surface area (Å²) in [7, 11) is 1.76. The summed E-state index contributed by atoms with van der Waals surface area (Å²) < 4.78 is 0. The van der Waals surface area contributed by atoms with Gasteiger partial charge < -0.3 is 11.5 Å². The van der Waals surface area contributed by atoms with Crippen LogP contribution in [-0.4, -0.2) is 26.0 Å². The van der Waals surface area contributed by atoms with Crippen molar-refractivity contribution in [3.05, 3.63) is 51.7 Å². The molecule has 1 rings (SSSR count). The van der Waals surface area contributed by atoms with Crippen molar-refractivity contribution in [2.75, 3.05) is 13.6 Å². The van der Waals surface area contributed by atoms with Crippen molar-refractivity contribution in [1.82, 2.24) is 0 Å². The number of nitrogens with two attached hydrogens (primary N) is 2. The van der Waals surface area contributed by atoms with E-state index in [0.717, 1.165) is 34.6 Å². The number of allylic oxidation sites excluding steroid dienone is 3. The van der Waals surface area contributed by atoms with E-state index in [-0.39, 0.29) is 0 Å². The Balaban J connectivity index is 3.38. The first-order valence-corrected chi connectivity index (χ1v) is 9.64. The lowest BCUT2D eigenvalue weighted by Crippen LogP contribution is -2.10. The zero-order valence-electron chi connectivity index (χ0n) is 18.0.